The Labute approximate surface area is 101 Å². The molecule has 2 aromatic rings. The van der Waals surface area contributed by atoms with Crippen molar-refractivity contribution < 1.29 is 0 Å². The molecule has 0 radical (unpaired) electrons. The lowest BCUT2D eigenvalue weighted by Gasteiger charge is -2.14. The van der Waals surface area contributed by atoms with Crippen molar-refractivity contribution in [2.24, 2.45) is 11.7 Å². The minimum atomic E-state index is 0.100. The highest BCUT2D eigenvalue weighted by molar-refractivity contribution is 5.32. The Balaban J connectivity index is 2.42. The van der Waals surface area contributed by atoms with Crippen LogP contribution in [-0.4, -0.2) is 25.6 Å². The molecule has 0 fully saturated rings. The van der Waals surface area contributed by atoms with Crippen LogP contribution in [0.15, 0.2) is 6.07 Å². The molecule has 1 unspecified atom stereocenters. The summed E-state index contributed by atoms with van der Waals surface area (Å²) in [6, 6.07) is 2.13. The van der Waals surface area contributed by atoms with Gasteiger partial charge < -0.3 is 5.73 Å². The predicted molar refractivity (Wildman–Crippen MR) is 66.8 cm³/mol. The van der Waals surface area contributed by atoms with Crippen molar-refractivity contribution in [3.05, 3.63) is 23.3 Å². The SMILES string of the molecule is Cc1cc(C)n2c(CC(N)C(C)C)nnc2n1. The highest BCUT2D eigenvalue weighted by atomic mass is 15.3. The third-order valence-corrected chi connectivity index (χ3v) is 3.03. The summed E-state index contributed by atoms with van der Waals surface area (Å²) in [4.78, 5) is 4.36. The van der Waals surface area contributed by atoms with Crippen LogP contribution in [0.5, 0.6) is 0 Å². The molecular weight excluding hydrogens is 214 g/mol. The van der Waals surface area contributed by atoms with Crippen LogP contribution in [0.2, 0.25) is 0 Å². The summed E-state index contributed by atoms with van der Waals surface area (Å²) in [5.74, 6) is 1.99. The average Bonchev–Trinajstić information content (AvgIpc) is 2.60. The smallest absolute Gasteiger partial charge is 0.255 e. The van der Waals surface area contributed by atoms with E-state index in [9.17, 15) is 0 Å². The lowest BCUT2D eigenvalue weighted by atomic mass is 10.0. The number of nitrogens with two attached hydrogens (primary N) is 1. The fourth-order valence-corrected chi connectivity index (χ4v) is 1.88. The number of aryl methyl sites for hydroxylation is 2. The first kappa shape index (κ1) is 12.0. The normalized spacial score (nSPS) is 13.5. The van der Waals surface area contributed by atoms with E-state index in [0.29, 0.717) is 11.7 Å². The second-order valence-electron chi connectivity index (χ2n) is 4.90. The molecule has 2 rings (SSSR count). The van der Waals surface area contributed by atoms with Gasteiger partial charge in [0.1, 0.15) is 5.82 Å². The Bertz CT molecular complexity index is 529. The van der Waals surface area contributed by atoms with Crippen molar-refractivity contribution in [2.45, 2.75) is 40.2 Å². The van der Waals surface area contributed by atoms with Crippen molar-refractivity contribution in [3.63, 3.8) is 0 Å². The Kier molecular flexibility index (Phi) is 3.11. The fraction of sp³-hybridized carbons (Fsp3) is 0.583. The summed E-state index contributed by atoms with van der Waals surface area (Å²) < 4.78 is 1.98. The van der Waals surface area contributed by atoms with Gasteiger partial charge in [-0.05, 0) is 25.8 Å². The second kappa shape index (κ2) is 4.41. The van der Waals surface area contributed by atoms with E-state index in [-0.39, 0.29) is 6.04 Å². The van der Waals surface area contributed by atoms with Gasteiger partial charge in [0.2, 0.25) is 0 Å². The van der Waals surface area contributed by atoms with Crippen LogP contribution < -0.4 is 5.73 Å². The van der Waals surface area contributed by atoms with E-state index in [2.05, 4.69) is 29.0 Å². The lowest BCUT2D eigenvalue weighted by molar-refractivity contribution is 0.479. The molecule has 0 aromatic carbocycles. The standard InChI is InChI=1S/C12H19N5/c1-7(2)10(13)6-11-15-16-12-14-8(3)5-9(4)17(11)12/h5,7,10H,6,13H2,1-4H3. The summed E-state index contributed by atoms with van der Waals surface area (Å²) in [5.41, 5.74) is 8.14. The monoisotopic (exact) mass is 233 g/mol. The zero-order valence-corrected chi connectivity index (χ0v) is 10.8. The molecule has 0 aliphatic rings. The van der Waals surface area contributed by atoms with Gasteiger partial charge in [-0.15, -0.1) is 10.2 Å². The third kappa shape index (κ3) is 2.29. The number of fused-ring (bicyclic) bond motifs is 1. The van der Waals surface area contributed by atoms with E-state index in [1.165, 1.54) is 0 Å². The van der Waals surface area contributed by atoms with E-state index < -0.39 is 0 Å². The second-order valence-corrected chi connectivity index (χ2v) is 4.90. The topological polar surface area (TPSA) is 69.1 Å². The summed E-state index contributed by atoms with van der Waals surface area (Å²) in [7, 11) is 0. The molecule has 5 heteroatoms. The first-order chi connectivity index (χ1) is 7.99. The van der Waals surface area contributed by atoms with Crippen molar-refractivity contribution in [3.8, 4) is 0 Å². The summed E-state index contributed by atoms with van der Waals surface area (Å²) in [6.45, 7) is 8.23. The van der Waals surface area contributed by atoms with Gasteiger partial charge in [0.25, 0.3) is 5.78 Å². The van der Waals surface area contributed by atoms with Crippen LogP contribution in [0.4, 0.5) is 0 Å². The number of hydrogen-bond donors (Lipinski definition) is 1. The van der Waals surface area contributed by atoms with Crippen LogP contribution in [0.25, 0.3) is 5.78 Å². The Morgan fingerprint density at radius 3 is 2.65 bits per heavy atom. The number of rotatable bonds is 3. The van der Waals surface area contributed by atoms with E-state index in [4.69, 9.17) is 5.73 Å². The zero-order valence-electron chi connectivity index (χ0n) is 10.8. The van der Waals surface area contributed by atoms with Gasteiger partial charge in [-0.2, -0.15) is 0 Å². The highest BCUT2D eigenvalue weighted by Crippen LogP contribution is 2.11. The van der Waals surface area contributed by atoms with E-state index in [1.54, 1.807) is 0 Å². The van der Waals surface area contributed by atoms with Gasteiger partial charge in [-0.3, -0.25) is 4.40 Å². The number of nitrogens with zero attached hydrogens (tertiary/aromatic N) is 4. The molecule has 2 aromatic heterocycles. The van der Waals surface area contributed by atoms with Crippen molar-refractivity contribution >= 4 is 5.78 Å². The van der Waals surface area contributed by atoms with Gasteiger partial charge >= 0.3 is 0 Å². The molecule has 92 valence electrons. The van der Waals surface area contributed by atoms with Crippen molar-refractivity contribution in [1.29, 1.82) is 0 Å². The molecule has 17 heavy (non-hydrogen) atoms. The van der Waals surface area contributed by atoms with E-state index in [1.807, 2.05) is 24.3 Å². The summed E-state index contributed by atoms with van der Waals surface area (Å²) >= 11 is 0. The Hall–Kier alpha value is -1.49. The van der Waals surface area contributed by atoms with Crippen LogP contribution in [0.1, 0.15) is 31.1 Å². The molecule has 0 spiro atoms. The maximum atomic E-state index is 6.08. The minimum Gasteiger partial charge on any atom is -0.327 e. The van der Waals surface area contributed by atoms with Crippen molar-refractivity contribution in [2.75, 3.05) is 0 Å². The molecule has 0 aliphatic carbocycles. The van der Waals surface area contributed by atoms with E-state index >= 15 is 0 Å². The zero-order chi connectivity index (χ0) is 12.6. The lowest BCUT2D eigenvalue weighted by Crippen LogP contribution is -2.29. The maximum Gasteiger partial charge on any atom is 0.255 e. The van der Waals surface area contributed by atoms with Crippen LogP contribution >= 0.6 is 0 Å². The van der Waals surface area contributed by atoms with E-state index in [0.717, 1.165) is 23.6 Å². The third-order valence-electron chi connectivity index (χ3n) is 3.03. The first-order valence-electron chi connectivity index (χ1n) is 5.93. The Morgan fingerprint density at radius 1 is 1.29 bits per heavy atom. The average molecular weight is 233 g/mol. The van der Waals surface area contributed by atoms with Gasteiger partial charge in [0, 0.05) is 23.9 Å². The summed E-state index contributed by atoms with van der Waals surface area (Å²) in [6.07, 6.45) is 0.727. The summed E-state index contributed by atoms with van der Waals surface area (Å²) in [5, 5.41) is 8.29. The molecule has 0 bridgehead atoms. The Morgan fingerprint density at radius 2 is 2.00 bits per heavy atom. The van der Waals surface area contributed by atoms with Gasteiger partial charge in [-0.25, -0.2) is 4.98 Å². The van der Waals surface area contributed by atoms with Gasteiger partial charge in [-0.1, -0.05) is 13.8 Å². The molecule has 2 N–H and O–H groups in total. The highest BCUT2D eigenvalue weighted by Gasteiger charge is 2.15. The molecule has 2 heterocycles. The van der Waals surface area contributed by atoms with Crippen LogP contribution in [-0.2, 0) is 6.42 Å². The maximum absolute atomic E-state index is 6.08. The molecular formula is C12H19N5. The van der Waals surface area contributed by atoms with Crippen LogP contribution in [0, 0.1) is 19.8 Å². The first-order valence-corrected chi connectivity index (χ1v) is 5.93. The molecule has 1 atom stereocenters. The predicted octanol–water partition coefficient (Wildman–Crippen LogP) is 1.27. The molecule has 5 nitrogen and oxygen atoms in total. The number of hydrogen-bond acceptors (Lipinski definition) is 4. The van der Waals surface area contributed by atoms with Crippen LogP contribution in [0.3, 0.4) is 0 Å². The molecule has 0 saturated heterocycles. The molecule has 0 aliphatic heterocycles. The fourth-order valence-electron chi connectivity index (χ4n) is 1.88. The van der Waals surface area contributed by atoms with Gasteiger partial charge in [0.15, 0.2) is 0 Å². The van der Waals surface area contributed by atoms with Gasteiger partial charge in [0.05, 0.1) is 0 Å². The minimum absolute atomic E-state index is 0.100. The van der Waals surface area contributed by atoms with Crippen molar-refractivity contribution in [1.82, 2.24) is 19.6 Å². The quantitative estimate of drug-likeness (QED) is 0.866. The number of aromatic nitrogens is 4. The molecule has 0 amide bonds. The largest absolute Gasteiger partial charge is 0.327 e. The molecule has 0 saturated carbocycles.